The first-order chi connectivity index (χ1) is 9.27. The highest BCUT2D eigenvalue weighted by Gasteiger charge is 2.11. The summed E-state index contributed by atoms with van der Waals surface area (Å²) < 4.78 is 2.07. The van der Waals surface area contributed by atoms with Crippen molar-refractivity contribution in [3.8, 4) is 22.7 Å². The zero-order valence-electron chi connectivity index (χ0n) is 10.7. The van der Waals surface area contributed by atoms with Gasteiger partial charge in [-0.1, -0.05) is 42.5 Å². The van der Waals surface area contributed by atoms with Crippen molar-refractivity contribution in [3.63, 3.8) is 0 Å². The third-order valence-corrected chi connectivity index (χ3v) is 3.27. The lowest BCUT2D eigenvalue weighted by Gasteiger charge is -2.13. The molecule has 0 aliphatic carbocycles. The molecule has 0 saturated carbocycles. The molecule has 2 heteroatoms. The Morgan fingerprint density at radius 3 is 2.21 bits per heavy atom. The van der Waals surface area contributed by atoms with E-state index in [1.165, 1.54) is 0 Å². The number of para-hydroxylation sites is 2. The van der Waals surface area contributed by atoms with Crippen LogP contribution >= 0.6 is 0 Å². The Morgan fingerprint density at radius 2 is 1.47 bits per heavy atom. The lowest BCUT2D eigenvalue weighted by molar-refractivity contribution is 0.472. The summed E-state index contributed by atoms with van der Waals surface area (Å²) in [6.07, 6.45) is 0. The van der Waals surface area contributed by atoms with E-state index >= 15 is 0 Å². The number of phenols is 1. The molecular formula is C17H15NO. The average molecular weight is 249 g/mol. The van der Waals surface area contributed by atoms with Gasteiger partial charge in [-0.25, -0.2) is 0 Å². The van der Waals surface area contributed by atoms with Crippen LogP contribution in [0.3, 0.4) is 0 Å². The Balaban J connectivity index is 2.23. The number of aromatic nitrogens is 1. The minimum absolute atomic E-state index is 0.291. The number of nitrogens with zero attached hydrogens (tertiary/aromatic N) is 1. The summed E-state index contributed by atoms with van der Waals surface area (Å²) in [7, 11) is 0. The normalized spacial score (nSPS) is 10.6. The van der Waals surface area contributed by atoms with Crippen molar-refractivity contribution in [2.75, 3.05) is 0 Å². The Hall–Kier alpha value is -2.48. The monoisotopic (exact) mass is 249 g/mol. The van der Waals surface area contributed by atoms with Crippen LogP contribution in [0.1, 0.15) is 5.69 Å². The highest BCUT2D eigenvalue weighted by molar-refractivity contribution is 5.65. The molecule has 0 aliphatic rings. The Kier molecular flexibility index (Phi) is 2.84. The van der Waals surface area contributed by atoms with Crippen LogP contribution in [0.25, 0.3) is 16.9 Å². The van der Waals surface area contributed by atoms with Crippen molar-refractivity contribution in [1.29, 1.82) is 0 Å². The van der Waals surface area contributed by atoms with Crippen LogP contribution in [0.5, 0.6) is 5.75 Å². The van der Waals surface area contributed by atoms with Gasteiger partial charge in [0.25, 0.3) is 0 Å². The fourth-order valence-corrected chi connectivity index (χ4v) is 2.35. The van der Waals surface area contributed by atoms with Crippen LogP contribution in [0.2, 0.25) is 0 Å². The van der Waals surface area contributed by atoms with E-state index in [4.69, 9.17) is 0 Å². The molecular weight excluding hydrogens is 234 g/mol. The molecule has 1 heterocycles. The molecule has 1 N–H and O–H groups in total. The molecule has 0 radical (unpaired) electrons. The maximum absolute atomic E-state index is 10.1. The Bertz CT molecular complexity index is 698. The maximum atomic E-state index is 10.1. The van der Waals surface area contributed by atoms with E-state index in [0.717, 1.165) is 22.6 Å². The Morgan fingerprint density at radius 1 is 0.789 bits per heavy atom. The average Bonchev–Trinajstić information content (AvgIpc) is 2.82. The largest absolute Gasteiger partial charge is 0.506 e. The van der Waals surface area contributed by atoms with Gasteiger partial charge in [0.15, 0.2) is 0 Å². The summed E-state index contributed by atoms with van der Waals surface area (Å²) >= 11 is 0. The van der Waals surface area contributed by atoms with Crippen LogP contribution in [0.15, 0.2) is 66.7 Å². The zero-order valence-corrected chi connectivity index (χ0v) is 10.7. The molecule has 19 heavy (non-hydrogen) atoms. The molecule has 0 unspecified atom stereocenters. The van der Waals surface area contributed by atoms with Crippen LogP contribution in [0.4, 0.5) is 0 Å². The summed E-state index contributed by atoms with van der Waals surface area (Å²) in [6, 6.07) is 21.7. The van der Waals surface area contributed by atoms with Gasteiger partial charge in [0, 0.05) is 5.69 Å². The van der Waals surface area contributed by atoms with Gasteiger partial charge in [-0.2, -0.15) is 0 Å². The maximum Gasteiger partial charge on any atom is 0.139 e. The number of phenolic OH excluding ortho intramolecular Hbond substituents is 1. The van der Waals surface area contributed by atoms with Gasteiger partial charge < -0.3 is 9.67 Å². The number of hydrogen-bond donors (Lipinski definition) is 1. The number of rotatable bonds is 2. The van der Waals surface area contributed by atoms with Gasteiger partial charge in [0.2, 0.25) is 0 Å². The lowest BCUT2D eigenvalue weighted by atomic mass is 10.1. The third kappa shape index (κ3) is 2.02. The van der Waals surface area contributed by atoms with Crippen LogP contribution in [-0.2, 0) is 0 Å². The Labute approximate surface area is 112 Å². The fraction of sp³-hybridized carbons (Fsp3) is 0.0588. The van der Waals surface area contributed by atoms with Crippen LogP contribution < -0.4 is 0 Å². The van der Waals surface area contributed by atoms with Crippen LogP contribution in [0, 0.1) is 6.92 Å². The van der Waals surface area contributed by atoms with Crippen molar-refractivity contribution in [2.24, 2.45) is 0 Å². The quantitative estimate of drug-likeness (QED) is 0.725. The number of hydrogen-bond acceptors (Lipinski definition) is 1. The van der Waals surface area contributed by atoms with E-state index in [-0.39, 0.29) is 0 Å². The second-order valence-corrected chi connectivity index (χ2v) is 4.55. The zero-order chi connectivity index (χ0) is 13.2. The molecule has 0 saturated heterocycles. The molecule has 0 fully saturated rings. The van der Waals surface area contributed by atoms with Crippen molar-refractivity contribution >= 4 is 0 Å². The van der Waals surface area contributed by atoms with Gasteiger partial charge in [-0.15, -0.1) is 0 Å². The molecule has 2 aromatic carbocycles. The van der Waals surface area contributed by atoms with Crippen molar-refractivity contribution in [3.05, 3.63) is 72.4 Å². The molecule has 0 spiro atoms. The summed E-state index contributed by atoms with van der Waals surface area (Å²) in [5.74, 6) is 0.291. The van der Waals surface area contributed by atoms with E-state index in [1.54, 1.807) is 6.07 Å². The smallest absolute Gasteiger partial charge is 0.139 e. The first-order valence-electron chi connectivity index (χ1n) is 6.29. The van der Waals surface area contributed by atoms with Crippen molar-refractivity contribution in [2.45, 2.75) is 6.92 Å². The van der Waals surface area contributed by atoms with Gasteiger partial charge >= 0.3 is 0 Å². The first kappa shape index (κ1) is 11.6. The van der Waals surface area contributed by atoms with E-state index in [9.17, 15) is 5.11 Å². The highest BCUT2D eigenvalue weighted by atomic mass is 16.3. The van der Waals surface area contributed by atoms with Crippen molar-refractivity contribution < 1.29 is 5.11 Å². The summed E-state index contributed by atoms with van der Waals surface area (Å²) in [4.78, 5) is 0. The van der Waals surface area contributed by atoms with Gasteiger partial charge in [-0.3, -0.25) is 0 Å². The molecule has 3 aromatic rings. The number of aromatic hydroxyl groups is 1. The SMILES string of the molecule is Cc1ccc(-c2ccccc2)n1-c1ccccc1O. The van der Waals surface area contributed by atoms with Gasteiger partial charge in [0.1, 0.15) is 5.75 Å². The molecule has 94 valence electrons. The van der Waals surface area contributed by atoms with Crippen LogP contribution in [-0.4, -0.2) is 9.67 Å². The summed E-state index contributed by atoms with van der Waals surface area (Å²) in [5, 5.41) is 10.1. The molecule has 3 rings (SSSR count). The number of aryl methyl sites for hydroxylation is 1. The second-order valence-electron chi connectivity index (χ2n) is 4.55. The molecule has 0 amide bonds. The van der Waals surface area contributed by atoms with E-state index < -0.39 is 0 Å². The second kappa shape index (κ2) is 4.65. The molecule has 0 bridgehead atoms. The predicted molar refractivity (Wildman–Crippen MR) is 77.6 cm³/mol. The molecule has 2 nitrogen and oxygen atoms in total. The summed E-state index contributed by atoms with van der Waals surface area (Å²) in [5.41, 5.74) is 4.13. The molecule has 1 aromatic heterocycles. The minimum atomic E-state index is 0.291. The number of benzene rings is 2. The minimum Gasteiger partial charge on any atom is -0.506 e. The fourth-order valence-electron chi connectivity index (χ4n) is 2.35. The van der Waals surface area contributed by atoms with Crippen molar-refractivity contribution in [1.82, 2.24) is 4.57 Å². The van der Waals surface area contributed by atoms with E-state index in [0.29, 0.717) is 5.75 Å². The summed E-state index contributed by atoms with van der Waals surface area (Å²) in [6.45, 7) is 2.04. The topological polar surface area (TPSA) is 25.2 Å². The standard InChI is InChI=1S/C17H15NO/c1-13-11-12-15(14-7-3-2-4-8-14)18(13)16-9-5-6-10-17(16)19/h2-12,19H,1H3. The van der Waals surface area contributed by atoms with Gasteiger partial charge in [-0.05, 0) is 36.8 Å². The van der Waals surface area contributed by atoms with Gasteiger partial charge in [0.05, 0.1) is 11.4 Å². The lowest BCUT2D eigenvalue weighted by Crippen LogP contribution is -1.99. The van der Waals surface area contributed by atoms with E-state index in [2.05, 4.69) is 28.8 Å². The first-order valence-corrected chi connectivity index (χ1v) is 6.29. The van der Waals surface area contributed by atoms with E-state index in [1.807, 2.05) is 43.3 Å². The predicted octanol–water partition coefficient (Wildman–Crippen LogP) is 4.16. The molecule has 0 atom stereocenters. The third-order valence-electron chi connectivity index (χ3n) is 3.27. The highest BCUT2D eigenvalue weighted by Crippen LogP contribution is 2.30. The molecule has 0 aliphatic heterocycles.